The Kier molecular flexibility index (Phi) is 9.88. The smallest absolute Gasteiger partial charge is 0.253 e. The van der Waals surface area contributed by atoms with Crippen molar-refractivity contribution >= 4 is 16.8 Å². The highest BCUT2D eigenvalue weighted by Gasteiger charge is 2.35. The number of aliphatic hydroxyl groups is 1. The molecule has 0 aliphatic heterocycles. The first kappa shape index (κ1) is 24.1. The zero-order chi connectivity index (χ0) is 22.6. The van der Waals surface area contributed by atoms with Crippen LogP contribution in [0.3, 0.4) is 0 Å². The quantitative estimate of drug-likeness (QED) is 0.385. The summed E-state index contributed by atoms with van der Waals surface area (Å²) in [6.07, 6.45) is -3.28. The van der Waals surface area contributed by atoms with Gasteiger partial charge in [-0.3, -0.25) is 4.79 Å². The maximum atomic E-state index is 12.2. The first-order valence-electron chi connectivity index (χ1n) is 10.4. The SMILES string of the molecule is O=C(Cl)[C@@H](OCc1ccccc1)[C@H](OCc1ccccc1)[C@H](O)COCc1ccccc1. The van der Waals surface area contributed by atoms with Crippen LogP contribution in [0.25, 0.3) is 0 Å². The van der Waals surface area contributed by atoms with Crippen molar-refractivity contribution in [1.29, 1.82) is 0 Å². The largest absolute Gasteiger partial charge is 0.388 e. The third-order valence-electron chi connectivity index (χ3n) is 4.86. The van der Waals surface area contributed by atoms with E-state index in [0.29, 0.717) is 6.61 Å². The fourth-order valence-corrected chi connectivity index (χ4v) is 3.37. The van der Waals surface area contributed by atoms with Crippen LogP contribution in [-0.2, 0) is 38.8 Å². The maximum absolute atomic E-state index is 12.2. The molecule has 0 unspecified atom stereocenters. The molecule has 3 aromatic rings. The first-order valence-corrected chi connectivity index (χ1v) is 10.8. The lowest BCUT2D eigenvalue weighted by atomic mass is 10.1. The molecule has 0 aromatic heterocycles. The molecule has 5 nitrogen and oxygen atoms in total. The Hall–Kier alpha value is -2.54. The van der Waals surface area contributed by atoms with Crippen molar-refractivity contribution in [3.63, 3.8) is 0 Å². The molecule has 0 amide bonds. The second-order valence-corrected chi connectivity index (χ2v) is 7.72. The molecule has 0 bridgehead atoms. The molecule has 0 fully saturated rings. The van der Waals surface area contributed by atoms with E-state index in [4.69, 9.17) is 25.8 Å². The van der Waals surface area contributed by atoms with Crippen molar-refractivity contribution < 1.29 is 24.1 Å². The molecular formula is C26H27ClO5. The topological polar surface area (TPSA) is 65.0 Å². The third-order valence-corrected chi connectivity index (χ3v) is 5.07. The van der Waals surface area contributed by atoms with Crippen molar-refractivity contribution in [1.82, 2.24) is 0 Å². The summed E-state index contributed by atoms with van der Waals surface area (Å²) in [5, 5.41) is 10.1. The van der Waals surface area contributed by atoms with Crippen molar-refractivity contribution in [2.24, 2.45) is 0 Å². The molecule has 0 aliphatic carbocycles. The van der Waals surface area contributed by atoms with Gasteiger partial charge in [-0.2, -0.15) is 0 Å². The molecule has 0 aliphatic rings. The fraction of sp³-hybridized carbons (Fsp3) is 0.269. The van der Waals surface area contributed by atoms with Crippen molar-refractivity contribution in [2.75, 3.05) is 6.61 Å². The first-order chi connectivity index (χ1) is 15.6. The van der Waals surface area contributed by atoms with E-state index in [9.17, 15) is 9.90 Å². The summed E-state index contributed by atoms with van der Waals surface area (Å²) in [6.45, 7) is 0.640. The van der Waals surface area contributed by atoms with Crippen LogP contribution >= 0.6 is 11.6 Å². The maximum Gasteiger partial charge on any atom is 0.253 e. The molecule has 1 N–H and O–H groups in total. The summed E-state index contributed by atoms with van der Waals surface area (Å²) in [5.74, 6) is 0. The van der Waals surface area contributed by atoms with Gasteiger partial charge in [0.25, 0.3) is 5.24 Å². The van der Waals surface area contributed by atoms with Crippen LogP contribution in [0.4, 0.5) is 0 Å². The van der Waals surface area contributed by atoms with Crippen LogP contribution < -0.4 is 0 Å². The van der Waals surface area contributed by atoms with E-state index < -0.39 is 23.6 Å². The number of halogens is 1. The minimum Gasteiger partial charge on any atom is -0.388 e. The van der Waals surface area contributed by atoms with Crippen LogP contribution in [-0.4, -0.2) is 35.3 Å². The Bertz CT molecular complexity index is 921. The predicted octanol–water partition coefficient (Wildman–Crippen LogP) is 4.50. The summed E-state index contributed by atoms with van der Waals surface area (Å²) in [4.78, 5) is 12.2. The standard InChI is InChI=1S/C26H27ClO5/c27-26(29)25(32-18-22-14-8-3-9-15-22)24(31-17-21-12-6-2-7-13-21)23(28)19-30-16-20-10-4-1-5-11-20/h1-15,23-25,28H,16-19H2/t23-,24-,25+/m1/s1. The molecule has 0 radical (unpaired) electrons. The lowest BCUT2D eigenvalue weighted by Crippen LogP contribution is -2.46. The Morgan fingerprint density at radius 3 is 1.62 bits per heavy atom. The Morgan fingerprint density at radius 2 is 1.16 bits per heavy atom. The number of ether oxygens (including phenoxy) is 3. The predicted molar refractivity (Wildman–Crippen MR) is 123 cm³/mol. The summed E-state index contributed by atoms with van der Waals surface area (Å²) in [5.41, 5.74) is 2.76. The normalized spacial score (nSPS) is 13.9. The summed E-state index contributed by atoms with van der Waals surface area (Å²) >= 11 is 5.86. The van der Waals surface area contributed by atoms with E-state index in [-0.39, 0.29) is 19.8 Å². The highest BCUT2D eigenvalue weighted by molar-refractivity contribution is 6.64. The van der Waals surface area contributed by atoms with Gasteiger partial charge in [0, 0.05) is 0 Å². The number of carbonyl (C=O) groups excluding carboxylic acids is 1. The molecule has 3 aromatic carbocycles. The van der Waals surface area contributed by atoms with Crippen LogP contribution in [0.5, 0.6) is 0 Å². The van der Waals surface area contributed by atoms with Gasteiger partial charge in [-0.25, -0.2) is 0 Å². The Morgan fingerprint density at radius 1 is 0.719 bits per heavy atom. The van der Waals surface area contributed by atoms with Crippen LogP contribution in [0.1, 0.15) is 16.7 Å². The lowest BCUT2D eigenvalue weighted by molar-refractivity contribution is -0.159. The number of hydrogen-bond donors (Lipinski definition) is 1. The Balaban J connectivity index is 1.66. The molecular weight excluding hydrogens is 428 g/mol. The summed E-state index contributed by atoms with van der Waals surface area (Å²) < 4.78 is 17.4. The highest BCUT2D eigenvalue weighted by atomic mass is 35.5. The van der Waals surface area contributed by atoms with Gasteiger partial charge in [-0.05, 0) is 28.3 Å². The van der Waals surface area contributed by atoms with Crippen LogP contribution in [0.2, 0.25) is 0 Å². The van der Waals surface area contributed by atoms with E-state index in [0.717, 1.165) is 16.7 Å². The van der Waals surface area contributed by atoms with Crippen molar-refractivity contribution in [3.05, 3.63) is 108 Å². The molecule has 0 saturated heterocycles. The Labute approximate surface area is 193 Å². The van der Waals surface area contributed by atoms with Gasteiger partial charge in [0.1, 0.15) is 12.2 Å². The van der Waals surface area contributed by atoms with E-state index in [1.54, 1.807) is 0 Å². The highest BCUT2D eigenvalue weighted by Crippen LogP contribution is 2.18. The van der Waals surface area contributed by atoms with E-state index >= 15 is 0 Å². The van der Waals surface area contributed by atoms with Gasteiger partial charge in [-0.1, -0.05) is 91.0 Å². The number of carbonyl (C=O) groups is 1. The van der Waals surface area contributed by atoms with Gasteiger partial charge in [0.05, 0.1) is 26.4 Å². The van der Waals surface area contributed by atoms with Gasteiger partial charge in [-0.15, -0.1) is 0 Å². The second-order valence-electron chi connectivity index (χ2n) is 7.35. The number of benzene rings is 3. The molecule has 168 valence electrons. The minimum absolute atomic E-state index is 0.0380. The third kappa shape index (κ3) is 7.86. The van der Waals surface area contributed by atoms with Gasteiger partial charge >= 0.3 is 0 Å². The van der Waals surface area contributed by atoms with E-state index in [1.807, 2.05) is 91.0 Å². The lowest BCUT2D eigenvalue weighted by Gasteiger charge is -2.29. The monoisotopic (exact) mass is 454 g/mol. The number of aliphatic hydroxyl groups excluding tert-OH is 1. The average Bonchev–Trinajstić information content (AvgIpc) is 2.83. The fourth-order valence-electron chi connectivity index (χ4n) is 3.18. The van der Waals surface area contributed by atoms with Crippen LogP contribution in [0.15, 0.2) is 91.0 Å². The molecule has 6 heteroatoms. The van der Waals surface area contributed by atoms with Crippen molar-refractivity contribution in [3.8, 4) is 0 Å². The number of hydrogen-bond acceptors (Lipinski definition) is 5. The zero-order valence-electron chi connectivity index (χ0n) is 17.7. The molecule has 0 heterocycles. The molecule has 0 spiro atoms. The van der Waals surface area contributed by atoms with E-state index in [2.05, 4.69) is 0 Å². The second kappa shape index (κ2) is 13.1. The average molecular weight is 455 g/mol. The summed E-state index contributed by atoms with van der Waals surface area (Å²) in [7, 11) is 0. The zero-order valence-corrected chi connectivity index (χ0v) is 18.4. The van der Waals surface area contributed by atoms with Crippen LogP contribution in [0, 0.1) is 0 Å². The molecule has 32 heavy (non-hydrogen) atoms. The number of rotatable bonds is 13. The van der Waals surface area contributed by atoms with Gasteiger partial charge < -0.3 is 19.3 Å². The van der Waals surface area contributed by atoms with Crippen molar-refractivity contribution in [2.45, 2.75) is 38.1 Å². The molecule has 3 rings (SSSR count). The summed E-state index contributed by atoms with van der Waals surface area (Å²) in [6, 6.07) is 28.5. The minimum atomic E-state index is -1.16. The molecule has 0 saturated carbocycles. The molecule has 3 atom stereocenters. The van der Waals surface area contributed by atoms with E-state index in [1.165, 1.54) is 0 Å². The van der Waals surface area contributed by atoms with Gasteiger partial charge in [0.15, 0.2) is 6.10 Å². The van der Waals surface area contributed by atoms with Gasteiger partial charge in [0.2, 0.25) is 0 Å².